The van der Waals surface area contributed by atoms with Crippen molar-refractivity contribution >= 4 is 0 Å². The maximum atomic E-state index is 13.6. The van der Waals surface area contributed by atoms with Crippen LogP contribution in [0.2, 0.25) is 0 Å². The standard InChI is InChI=1S/C19H22FN/c1-2-5-18(21)19-16-7-4-3-6-13(16)8-9-14-12-15(20)10-11-17(14)19/h3-4,6-7,10-12,18-19H,2,5,8-9,21H2,1H3. The van der Waals surface area contributed by atoms with E-state index in [1.165, 1.54) is 16.7 Å². The highest BCUT2D eigenvalue weighted by Crippen LogP contribution is 2.37. The molecule has 0 saturated carbocycles. The average molecular weight is 283 g/mol. The van der Waals surface area contributed by atoms with Crippen LogP contribution in [0.5, 0.6) is 0 Å². The van der Waals surface area contributed by atoms with Crippen LogP contribution in [0, 0.1) is 5.82 Å². The van der Waals surface area contributed by atoms with Crippen molar-refractivity contribution in [2.75, 3.05) is 0 Å². The van der Waals surface area contributed by atoms with Crippen LogP contribution in [0.4, 0.5) is 4.39 Å². The molecule has 0 spiro atoms. The van der Waals surface area contributed by atoms with Crippen molar-refractivity contribution in [1.29, 1.82) is 0 Å². The lowest BCUT2D eigenvalue weighted by Crippen LogP contribution is -2.29. The quantitative estimate of drug-likeness (QED) is 0.898. The number of fused-ring (bicyclic) bond motifs is 2. The minimum Gasteiger partial charge on any atom is -0.327 e. The van der Waals surface area contributed by atoms with Gasteiger partial charge >= 0.3 is 0 Å². The van der Waals surface area contributed by atoms with E-state index in [1.54, 1.807) is 12.1 Å². The predicted octanol–water partition coefficient (Wildman–Crippen LogP) is 4.18. The van der Waals surface area contributed by atoms with Crippen molar-refractivity contribution in [3.63, 3.8) is 0 Å². The molecule has 0 radical (unpaired) electrons. The third-order valence-electron chi connectivity index (χ3n) is 4.54. The molecular formula is C19H22FN. The summed E-state index contributed by atoms with van der Waals surface area (Å²) in [5.74, 6) is 0.0294. The highest BCUT2D eigenvalue weighted by molar-refractivity contribution is 5.46. The number of hydrogen-bond acceptors (Lipinski definition) is 1. The Morgan fingerprint density at radius 2 is 1.81 bits per heavy atom. The summed E-state index contributed by atoms with van der Waals surface area (Å²) in [7, 11) is 0. The Kier molecular flexibility index (Phi) is 4.07. The van der Waals surface area contributed by atoms with Gasteiger partial charge in [0.05, 0.1) is 0 Å². The van der Waals surface area contributed by atoms with Gasteiger partial charge in [0.15, 0.2) is 0 Å². The molecule has 2 atom stereocenters. The van der Waals surface area contributed by atoms with E-state index in [4.69, 9.17) is 5.73 Å². The van der Waals surface area contributed by atoms with Crippen molar-refractivity contribution in [2.24, 2.45) is 5.73 Å². The van der Waals surface area contributed by atoms with Crippen LogP contribution < -0.4 is 5.73 Å². The van der Waals surface area contributed by atoms with Crippen LogP contribution in [0.25, 0.3) is 0 Å². The number of hydrogen-bond donors (Lipinski definition) is 1. The van der Waals surface area contributed by atoms with Crippen LogP contribution in [0.3, 0.4) is 0 Å². The Labute approximate surface area is 126 Å². The second-order valence-corrected chi connectivity index (χ2v) is 5.97. The van der Waals surface area contributed by atoms with E-state index in [0.717, 1.165) is 31.2 Å². The molecule has 1 nitrogen and oxygen atoms in total. The number of benzene rings is 2. The number of rotatable bonds is 3. The Balaban J connectivity index is 2.15. The lowest BCUT2D eigenvalue weighted by molar-refractivity contribution is 0.541. The van der Waals surface area contributed by atoms with E-state index in [2.05, 4.69) is 31.2 Å². The summed E-state index contributed by atoms with van der Waals surface area (Å²) in [6.07, 6.45) is 3.90. The van der Waals surface area contributed by atoms with Gasteiger partial charge in [-0.3, -0.25) is 0 Å². The molecule has 0 aliphatic heterocycles. The van der Waals surface area contributed by atoms with Gasteiger partial charge in [-0.2, -0.15) is 0 Å². The number of aryl methyl sites for hydroxylation is 2. The zero-order valence-electron chi connectivity index (χ0n) is 12.5. The van der Waals surface area contributed by atoms with Crippen LogP contribution in [0.1, 0.15) is 47.9 Å². The van der Waals surface area contributed by atoms with Gasteiger partial charge in [0, 0.05) is 12.0 Å². The normalized spacial score (nSPS) is 18.5. The Hall–Kier alpha value is -1.67. The first-order valence-corrected chi connectivity index (χ1v) is 7.82. The number of halogens is 1. The fourth-order valence-corrected chi connectivity index (χ4v) is 3.56. The number of nitrogens with two attached hydrogens (primary N) is 1. The third-order valence-corrected chi connectivity index (χ3v) is 4.54. The minimum atomic E-state index is -0.150. The van der Waals surface area contributed by atoms with Crippen LogP contribution in [0.15, 0.2) is 42.5 Å². The zero-order valence-corrected chi connectivity index (χ0v) is 12.5. The lowest BCUT2D eigenvalue weighted by Gasteiger charge is -2.26. The van der Waals surface area contributed by atoms with E-state index in [0.29, 0.717) is 0 Å². The van der Waals surface area contributed by atoms with Crippen molar-refractivity contribution in [2.45, 2.75) is 44.6 Å². The molecule has 3 rings (SSSR count). The van der Waals surface area contributed by atoms with E-state index < -0.39 is 0 Å². The van der Waals surface area contributed by atoms with Gasteiger partial charge in [0.2, 0.25) is 0 Å². The molecule has 0 amide bonds. The molecule has 2 N–H and O–H groups in total. The average Bonchev–Trinajstić information content (AvgIpc) is 2.64. The largest absolute Gasteiger partial charge is 0.327 e. The molecule has 110 valence electrons. The van der Waals surface area contributed by atoms with Crippen LogP contribution in [-0.2, 0) is 12.8 Å². The van der Waals surface area contributed by atoms with Gasteiger partial charge in [0.25, 0.3) is 0 Å². The van der Waals surface area contributed by atoms with Gasteiger partial charge in [-0.1, -0.05) is 43.7 Å². The van der Waals surface area contributed by atoms with Gasteiger partial charge in [-0.05, 0) is 53.6 Å². The van der Waals surface area contributed by atoms with Gasteiger partial charge in [-0.15, -0.1) is 0 Å². The molecule has 1 aliphatic rings. The topological polar surface area (TPSA) is 26.0 Å². The first-order valence-electron chi connectivity index (χ1n) is 7.82. The summed E-state index contributed by atoms with van der Waals surface area (Å²) in [5.41, 5.74) is 11.5. The summed E-state index contributed by atoms with van der Waals surface area (Å²) < 4.78 is 13.6. The molecule has 0 fully saturated rings. The van der Waals surface area contributed by atoms with Gasteiger partial charge < -0.3 is 5.73 Å². The monoisotopic (exact) mass is 283 g/mol. The highest BCUT2D eigenvalue weighted by atomic mass is 19.1. The van der Waals surface area contributed by atoms with E-state index in [-0.39, 0.29) is 17.8 Å². The maximum Gasteiger partial charge on any atom is 0.123 e. The van der Waals surface area contributed by atoms with Crippen LogP contribution in [-0.4, -0.2) is 6.04 Å². The summed E-state index contributed by atoms with van der Waals surface area (Å²) in [4.78, 5) is 0. The molecule has 0 aromatic heterocycles. The Bertz CT molecular complexity index is 635. The maximum absolute atomic E-state index is 13.6. The first-order chi connectivity index (χ1) is 10.2. The molecule has 1 aliphatic carbocycles. The molecule has 2 aromatic rings. The molecule has 0 bridgehead atoms. The summed E-state index contributed by atoms with van der Waals surface area (Å²) >= 11 is 0. The van der Waals surface area contributed by atoms with Crippen molar-refractivity contribution in [3.8, 4) is 0 Å². The second kappa shape index (κ2) is 5.98. The molecule has 0 saturated heterocycles. The predicted molar refractivity (Wildman–Crippen MR) is 85.0 cm³/mol. The lowest BCUT2D eigenvalue weighted by atomic mass is 9.81. The molecule has 2 heteroatoms. The van der Waals surface area contributed by atoms with Gasteiger partial charge in [0.1, 0.15) is 5.82 Å². The molecule has 2 unspecified atom stereocenters. The smallest absolute Gasteiger partial charge is 0.123 e. The summed E-state index contributed by atoms with van der Waals surface area (Å²) in [5, 5.41) is 0. The molecular weight excluding hydrogens is 261 g/mol. The highest BCUT2D eigenvalue weighted by Gasteiger charge is 2.28. The Morgan fingerprint density at radius 1 is 1.10 bits per heavy atom. The zero-order chi connectivity index (χ0) is 14.8. The third kappa shape index (κ3) is 2.73. The minimum absolute atomic E-state index is 0.0819. The fraction of sp³-hybridized carbons (Fsp3) is 0.368. The van der Waals surface area contributed by atoms with E-state index in [9.17, 15) is 4.39 Å². The van der Waals surface area contributed by atoms with E-state index in [1.807, 2.05) is 6.07 Å². The fourth-order valence-electron chi connectivity index (χ4n) is 3.56. The molecule has 0 heterocycles. The molecule has 2 aromatic carbocycles. The van der Waals surface area contributed by atoms with Gasteiger partial charge in [-0.25, -0.2) is 4.39 Å². The SMILES string of the molecule is CCCC(N)C1c2ccccc2CCc2cc(F)ccc21. The Morgan fingerprint density at radius 3 is 2.62 bits per heavy atom. The first kappa shape index (κ1) is 14.3. The summed E-state index contributed by atoms with van der Waals surface area (Å²) in [6.45, 7) is 2.16. The van der Waals surface area contributed by atoms with Crippen LogP contribution >= 0.6 is 0 Å². The molecule has 21 heavy (non-hydrogen) atoms. The summed E-state index contributed by atoms with van der Waals surface area (Å²) in [6, 6.07) is 13.8. The second-order valence-electron chi connectivity index (χ2n) is 5.97. The van der Waals surface area contributed by atoms with Crippen molar-refractivity contribution in [3.05, 3.63) is 70.5 Å². The van der Waals surface area contributed by atoms with Crippen molar-refractivity contribution < 1.29 is 4.39 Å². The van der Waals surface area contributed by atoms with Crippen molar-refractivity contribution in [1.82, 2.24) is 0 Å². The van der Waals surface area contributed by atoms with E-state index >= 15 is 0 Å².